The first-order valence-corrected chi connectivity index (χ1v) is 8.10. The van der Waals surface area contributed by atoms with Gasteiger partial charge in [0.2, 0.25) is 5.91 Å². The van der Waals surface area contributed by atoms with Gasteiger partial charge < -0.3 is 15.8 Å². The zero-order chi connectivity index (χ0) is 18.4. The molecule has 0 unspecified atom stereocenters. The van der Waals surface area contributed by atoms with Gasteiger partial charge >= 0.3 is 0 Å². The molecule has 0 saturated heterocycles. The number of carbonyl (C=O) groups is 2. The quantitative estimate of drug-likeness (QED) is 0.717. The van der Waals surface area contributed by atoms with Crippen molar-refractivity contribution in [1.82, 2.24) is 0 Å². The topological polar surface area (TPSA) is 81.4 Å². The van der Waals surface area contributed by atoms with Gasteiger partial charge in [0.15, 0.2) is 6.61 Å². The van der Waals surface area contributed by atoms with Gasteiger partial charge in [0.05, 0.1) is 0 Å². The second kappa shape index (κ2) is 7.98. The fourth-order valence-corrected chi connectivity index (χ4v) is 2.51. The lowest BCUT2D eigenvalue weighted by molar-refractivity contribution is -0.118. The van der Waals surface area contributed by atoms with Crippen molar-refractivity contribution in [1.29, 1.82) is 0 Å². The Bertz CT molecular complexity index is 906. The molecule has 3 aromatic rings. The maximum atomic E-state index is 12.2. The van der Waals surface area contributed by atoms with E-state index < -0.39 is 5.91 Å². The zero-order valence-electron chi connectivity index (χ0n) is 14.0. The Balaban J connectivity index is 1.65. The molecule has 0 aliphatic heterocycles. The van der Waals surface area contributed by atoms with Gasteiger partial charge in [-0.25, -0.2) is 0 Å². The maximum absolute atomic E-state index is 12.2. The molecule has 0 aliphatic rings. The summed E-state index contributed by atoms with van der Waals surface area (Å²) < 4.78 is 5.46. The molecule has 3 aromatic carbocycles. The van der Waals surface area contributed by atoms with Crippen molar-refractivity contribution in [3.8, 4) is 16.9 Å². The molecule has 0 bridgehead atoms. The molecule has 5 heteroatoms. The standard InChI is InChI=1S/C21H18N2O3/c22-21(25)16-10-12-17(13-11-16)26-14-20(24)23-19-9-5-4-8-18(19)15-6-2-1-3-7-15/h1-13H,14H2,(H2,22,25)(H,23,24). The third-order valence-electron chi connectivity index (χ3n) is 3.79. The molecule has 0 aromatic heterocycles. The predicted octanol–water partition coefficient (Wildman–Crippen LogP) is 3.47. The normalized spacial score (nSPS) is 10.2. The lowest BCUT2D eigenvalue weighted by Crippen LogP contribution is -2.20. The van der Waals surface area contributed by atoms with Crippen molar-refractivity contribution < 1.29 is 14.3 Å². The van der Waals surface area contributed by atoms with Crippen LogP contribution in [0.15, 0.2) is 78.9 Å². The van der Waals surface area contributed by atoms with E-state index in [4.69, 9.17) is 10.5 Å². The Morgan fingerprint density at radius 2 is 1.50 bits per heavy atom. The van der Waals surface area contributed by atoms with Crippen molar-refractivity contribution >= 4 is 17.5 Å². The summed E-state index contributed by atoms with van der Waals surface area (Å²) in [5, 5.41) is 2.87. The van der Waals surface area contributed by atoms with Crippen LogP contribution in [0.25, 0.3) is 11.1 Å². The first-order valence-electron chi connectivity index (χ1n) is 8.10. The third kappa shape index (κ3) is 4.27. The van der Waals surface area contributed by atoms with Gasteiger partial charge in [-0.1, -0.05) is 48.5 Å². The van der Waals surface area contributed by atoms with Crippen LogP contribution >= 0.6 is 0 Å². The van der Waals surface area contributed by atoms with E-state index in [9.17, 15) is 9.59 Å². The number of rotatable bonds is 6. The molecule has 0 heterocycles. The highest BCUT2D eigenvalue weighted by molar-refractivity contribution is 5.96. The van der Waals surface area contributed by atoms with Crippen LogP contribution < -0.4 is 15.8 Å². The Kier molecular flexibility index (Phi) is 5.29. The number of carbonyl (C=O) groups excluding carboxylic acids is 2. The van der Waals surface area contributed by atoms with Crippen molar-refractivity contribution in [2.45, 2.75) is 0 Å². The highest BCUT2D eigenvalue weighted by Gasteiger charge is 2.09. The van der Waals surface area contributed by atoms with Crippen LogP contribution in [0.1, 0.15) is 10.4 Å². The molecule has 0 saturated carbocycles. The molecule has 130 valence electrons. The van der Waals surface area contributed by atoms with Crippen LogP contribution in [0, 0.1) is 0 Å². The molecule has 0 radical (unpaired) electrons. The molecule has 0 spiro atoms. The number of para-hydroxylation sites is 1. The van der Waals surface area contributed by atoms with Crippen LogP contribution in [-0.4, -0.2) is 18.4 Å². The molecular weight excluding hydrogens is 328 g/mol. The number of anilines is 1. The largest absolute Gasteiger partial charge is 0.484 e. The number of hydrogen-bond acceptors (Lipinski definition) is 3. The van der Waals surface area contributed by atoms with Gasteiger partial charge in [0.1, 0.15) is 5.75 Å². The van der Waals surface area contributed by atoms with E-state index >= 15 is 0 Å². The molecule has 5 nitrogen and oxygen atoms in total. The Morgan fingerprint density at radius 1 is 0.846 bits per heavy atom. The van der Waals surface area contributed by atoms with Crippen LogP contribution in [-0.2, 0) is 4.79 Å². The van der Waals surface area contributed by atoms with E-state index in [1.54, 1.807) is 24.3 Å². The van der Waals surface area contributed by atoms with Crippen molar-refractivity contribution in [2.24, 2.45) is 5.73 Å². The van der Waals surface area contributed by atoms with E-state index in [1.165, 1.54) is 0 Å². The predicted molar refractivity (Wildman–Crippen MR) is 101 cm³/mol. The minimum Gasteiger partial charge on any atom is -0.484 e. The molecule has 3 rings (SSSR count). The fraction of sp³-hybridized carbons (Fsp3) is 0.0476. The molecule has 26 heavy (non-hydrogen) atoms. The maximum Gasteiger partial charge on any atom is 0.262 e. The van der Waals surface area contributed by atoms with E-state index in [0.29, 0.717) is 11.3 Å². The van der Waals surface area contributed by atoms with Crippen molar-refractivity contribution in [3.63, 3.8) is 0 Å². The van der Waals surface area contributed by atoms with Gasteiger partial charge in [-0.3, -0.25) is 9.59 Å². The molecular formula is C21H18N2O3. The van der Waals surface area contributed by atoms with Crippen LogP contribution in [0.5, 0.6) is 5.75 Å². The lowest BCUT2D eigenvalue weighted by atomic mass is 10.0. The Labute approximate surface area is 151 Å². The summed E-state index contributed by atoms with van der Waals surface area (Å²) in [5.74, 6) is -0.291. The number of hydrogen-bond donors (Lipinski definition) is 2. The zero-order valence-corrected chi connectivity index (χ0v) is 14.0. The number of amides is 2. The second-order valence-electron chi connectivity index (χ2n) is 5.64. The summed E-state index contributed by atoms with van der Waals surface area (Å²) in [6.07, 6.45) is 0. The minimum atomic E-state index is -0.508. The highest BCUT2D eigenvalue weighted by atomic mass is 16.5. The summed E-state index contributed by atoms with van der Waals surface area (Å²) in [7, 11) is 0. The number of nitrogens with one attached hydrogen (secondary N) is 1. The average Bonchev–Trinajstić information content (AvgIpc) is 2.68. The van der Waals surface area contributed by atoms with E-state index in [0.717, 1.165) is 16.8 Å². The summed E-state index contributed by atoms with van der Waals surface area (Å²) in [5.41, 5.74) is 8.25. The van der Waals surface area contributed by atoms with Crippen LogP contribution in [0.4, 0.5) is 5.69 Å². The SMILES string of the molecule is NC(=O)c1ccc(OCC(=O)Nc2ccccc2-c2ccccc2)cc1. The van der Waals surface area contributed by atoms with Gasteiger partial charge in [-0.05, 0) is 35.9 Å². The Hall–Kier alpha value is -3.60. The summed E-state index contributed by atoms with van der Waals surface area (Å²) >= 11 is 0. The summed E-state index contributed by atoms with van der Waals surface area (Å²) in [6.45, 7) is -0.140. The fourth-order valence-electron chi connectivity index (χ4n) is 2.51. The van der Waals surface area contributed by atoms with Crippen molar-refractivity contribution in [3.05, 3.63) is 84.4 Å². The van der Waals surface area contributed by atoms with Gasteiger partial charge in [-0.15, -0.1) is 0 Å². The molecule has 0 atom stereocenters. The number of ether oxygens (including phenoxy) is 1. The number of nitrogens with two attached hydrogens (primary N) is 1. The summed E-state index contributed by atoms with van der Waals surface area (Å²) in [6, 6.07) is 23.7. The Morgan fingerprint density at radius 3 is 2.19 bits per heavy atom. The molecule has 0 aliphatic carbocycles. The molecule has 2 amide bonds. The van der Waals surface area contributed by atoms with E-state index in [-0.39, 0.29) is 12.5 Å². The van der Waals surface area contributed by atoms with E-state index in [1.807, 2.05) is 54.6 Å². The van der Waals surface area contributed by atoms with Gasteiger partial charge in [-0.2, -0.15) is 0 Å². The molecule has 0 fully saturated rings. The first kappa shape index (κ1) is 17.2. The van der Waals surface area contributed by atoms with Crippen LogP contribution in [0.2, 0.25) is 0 Å². The average molecular weight is 346 g/mol. The summed E-state index contributed by atoms with van der Waals surface area (Å²) in [4.78, 5) is 23.3. The monoisotopic (exact) mass is 346 g/mol. The van der Waals surface area contributed by atoms with E-state index in [2.05, 4.69) is 5.32 Å². The number of primary amides is 1. The van der Waals surface area contributed by atoms with Gasteiger partial charge in [0.25, 0.3) is 5.91 Å². The lowest BCUT2D eigenvalue weighted by Gasteiger charge is -2.12. The third-order valence-corrected chi connectivity index (χ3v) is 3.79. The smallest absolute Gasteiger partial charge is 0.262 e. The number of benzene rings is 3. The first-order chi connectivity index (χ1) is 12.6. The van der Waals surface area contributed by atoms with Crippen LogP contribution in [0.3, 0.4) is 0 Å². The minimum absolute atomic E-state index is 0.140. The second-order valence-corrected chi connectivity index (χ2v) is 5.64. The highest BCUT2D eigenvalue weighted by Crippen LogP contribution is 2.27. The van der Waals surface area contributed by atoms with Gasteiger partial charge in [0, 0.05) is 16.8 Å². The molecule has 3 N–H and O–H groups in total. The van der Waals surface area contributed by atoms with Crippen molar-refractivity contribution in [2.75, 3.05) is 11.9 Å².